The highest BCUT2D eigenvalue weighted by atomic mass is 16.1. The molecule has 2 aliphatic rings. The van der Waals surface area contributed by atoms with Crippen LogP contribution < -0.4 is 16.4 Å². The second kappa shape index (κ2) is 8.96. The second-order valence-electron chi connectivity index (χ2n) is 8.55. The summed E-state index contributed by atoms with van der Waals surface area (Å²) in [6.45, 7) is 0.860. The number of nitrogens with two attached hydrogens (primary N) is 1. The maximum absolute atomic E-state index is 11.2. The van der Waals surface area contributed by atoms with Crippen molar-refractivity contribution in [1.29, 1.82) is 5.26 Å². The average molecular weight is 444 g/mol. The summed E-state index contributed by atoms with van der Waals surface area (Å²) >= 11 is 0. The molecule has 0 radical (unpaired) electrons. The van der Waals surface area contributed by atoms with Crippen molar-refractivity contribution < 1.29 is 4.79 Å². The molecule has 0 aliphatic carbocycles. The molecule has 2 saturated heterocycles. The van der Waals surface area contributed by atoms with Crippen LogP contribution >= 0.6 is 0 Å². The van der Waals surface area contributed by atoms with Crippen LogP contribution in [0.3, 0.4) is 0 Å². The number of anilines is 3. The van der Waals surface area contributed by atoms with Crippen LogP contribution in [0, 0.1) is 11.3 Å². The maximum Gasteiger partial charge on any atom is 0.268 e. The van der Waals surface area contributed by atoms with E-state index in [2.05, 4.69) is 36.6 Å². The van der Waals surface area contributed by atoms with Gasteiger partial charge in [-0.15, -0.1) is 0 Å². The number of nitrogens with zero attached hydrogens (tertiary/aromatic N) is 6. The molecule has 0 aromatic carbocycles. The first kappa shape index (κ1) is 21.0. The van der Waals surface area contributed by atoms with Crippen molar-refractivity contribution in [2.24, 2.45) is 5.73 Å². The van der Waals surface area contributed by atoms with Gasteiger partial charge in [-0.3, -0.25) is 14.7 Å². The number of carbonyl (C=O) groups is 1. The summed E-state index contributed by atoms with van der Waals surface area (Å²) in [5.41, 5.74) is 6.15. The Balaban J connectivity index is 1.37. The van der Waals surface area contributed by atoms with Crippen molar-refractivity contribution in [2.45, 2.75) is 50.2 Å². The smallest absolute Gasteiger partial charge is 0.268 e. The zero-order valence-corrected chi connectivity index (χ0v) is 18.1. The molecule has 5 heterocycles. The topological polar surface area (TPSA) is 146 Å². The Labute approximate surface area is 191 Å². The minimum atomic E-state index is -0.624. The minimum Gasteiger partial charge on any atom is -0.367 e. The van der Waals surface area contributed by atoms with E-state index < -0.39 is 5.91 Å². The molecule has 0 spiro atoms. The van der Waals surface area contributed by atoms with Crippen molar-refractivity contribution in [3.05, 3.63) is 42.5 Å². The molecule has 10 heteroatoms. The first-order valence-corrected chi connectivity index (χ1v) is 11.1. The third kappa shape index (κ3) is 4.40. The quantitative estimate of drug-likeness (QED) is 0.501. The fraction of sp³-hybridized carbons (Fsp3) is 0.391. The van der Waals surface area contributed by atoms with Crippen molar-refractivity contribution >= 4 is 34.3 Å². The zero-order valence-electron chi connectivity index (χ0n) is 18.1. The Morgan fingerprint density at radius 1 is 1.18 bits per heavy atom. The molecule has 2 fully saturated rings. The first-order valence-electron chi connectivity index (χ1n) is 11.1. The number of rotatable bonds is 7. The van der Waals surface area contributed by atoms with E-state index in [-0.39, 0.29) is 5.69 Å². The molecule has 2 aliphatic heterocycles. The fourth-order valence-corrected chi connectivity index (χ4v) is 5.03. The Kier molecular flexibility index (Phi) is 5.71. The summed E-state index contributed by atoms with van der Waals surface area (Å²) in [6.07, 6.45) is 9.56. The number of pyridine rings is 2. The van der Waals surface area contributed by atoms with E-state index >= 15 is 0 Å². The van der Waals surface area contributed by atoms with E-state index in [0.29, 0.717) is 36.2 Å². The highest BCUT2D eigenvalue weighted by molar-refractivity contribution is 5.92. The van der Waals surface area contributed by atoms with E-state index in [1.54, 1.807) is 6.20 Å². The maximum atomic E-state index is 11.2. The molecule has 2 bridgehead atoms. The highest BCUT2D eigenvalue weighted by Gasteiger charge is 2.40. The first-order chi connectivity index (χ1) is 16.1. The number of primary amides is 1. The van der Waals surface area contributed by atoms with Gasteiger partial charge in [0.2, 0.25) is 0 Å². The summed E-state index contributed by atoms with van der Waals surface area (Å²) in [4.78, 5) is 31.3. The van der Waals surface area contributed by atoms with Crippen LogP contribution in [0.25, 0.3) is 10.9 Å². The number of fused-ring (bicyclic) bond motifs is 3. The molecule has 168 valence electrons. The lowest BCUT2D eigenvalue weighted by Crippen LogP contribution is -2.47. The molecule has 1 unspecified atom stereocenters. The van der Waals surface area contributed by atoms with Crippen LogP contribution in [-0.2, 0) is 0 Å². The van der Waals surface area contributed by atoms with Crippen molar-refractivity contribution in [2.75, 3.05) is 17.2 Å². The number of nitriles is 1. The van der Waals surface area contributed by atoms with Gasteiger partial charge in [0.1, 0.15) is 23.1 Å². The van der Waals surface area contributed by atoms with Gasteiger partial charge in [0.05, 0.1) is 24.0 Å². The van der Waals surface area contributed by atoms with Crippen LogP contribution in [0.5, 0.6) is 0 Å². The number of hydrogen-bond acceptors (Lipinski definition) is 9. The van der Waals surface area contributed by atoms with Gasteiger partial charge in [-0.1, -0.05) is 0 Å². The van der Waals surface area contributed by atoms with E-state index in [9.17, 15) is 4.79 Å². The van der Waals surface area contributed by atoms with Crippen molar-refractivity contribution in [1.82, 2.24) is 24.8 Å². The van der Waals surface area contributed by atoms with Crippen LogP contribution in [0.4, 0.5) is 17.5 Å². The third-order valence-corrected chi connectivity index (χ3v) is 6.47. The summed E-state index contributed by atoms with van der Waals surface area (Å²) in [6, 6.07) is 9.39. The van der Waals surface area contributed by atoms with Gasteiger partial charge in [-0.05, 0) is 37.8 Å². The minimum absolute atomic E-state index is 0.104. The normalized spacial score (nSPS) is 22.1. The lowest BCUT2D eigenvalue weighted by Gasteiger charge is -2.39. The average Bonchev–Trinajstić information content (AvgIpc) is 3.05. The SMILES string of the molecule is N#CCCN1[C@@H]2CC[C@H]1CC(Nc1nc(Nc3cnc(C(N)=O)cn3)cc3ncccc13)C2. The molecule has 3 aromatic heterocycles. The van der Waals surface area contributed by atoms with Crippen LogP contribution in [0.15, 0.2) is 36.8 Å². The predicted molar refractivity (Wildman–Crippen MR) is 124 cm³/mol. The third-order valence-electron chi connectivity index (χ3n) is 6.47. The van der Waals surface area contributed by atoms with Crippen LogP contribution in [0.2, 0.25) is 0 Å². The van der Waals surface area contributed by atoms with E-state index in [4.69, 9.17) is 16.0 Å². The molecule has 1 amide bonds. The molecule has 3 aromatic rings. The number of carbonyl (C=O) groups excluding carboxylic acids is 1. The monoisotopic (exact) mass is 443 g/mol. The summed E-state index contributed by atoms with van der Waals surface area (Å²) < 4.78 is 0. The van der Waals surface area contributed by atoms with Crippen molar-refractivity contribution in [3.8, 4) is 6.07 Å². The second-order valence-corrected chi connectivity index (χ2v) is 8.55. The number of piperidine rings is 1. The lowest BCUT2D eigenvalue weighted by molar-refractivity contribution is 0.0995. The van der Waals surface area contributed by atoms with Crippen LogP contribution in [0.1, 0.15) is 42.6 Å². The molecule has 5 rings (SSSR count). The molecule has 10 nitrogen and oxygen atoms in total. The van der Waals surface area contributed by atoms with E-state index in [1.165, 1.54) is 25.2 Å². The standard InChI is InChI=1S/C23H25N9O/c24-6-2-8-32-15-4-5-16(32)10-14(9-15)29-23-17-3-1-7-26-18(17)11-20(31-23)30-21-13-27-19(12-28-21)22(25)33/h1,3,7,11-16H,2,4-5,8-10H2,(H2,25,33)(H2,28,29,30,31)/t14?,15-,16+. The summed E-state index contributed by atoms with van der Waals surface area (Å²) in [7, 11) is 0. The molecule has 33 heavy (non-hydrogen) atoms. The van der Waals surface area contributed by atoms with Gasteiger partial charge in [0, 0.05) is 48.7 Å². The summed E-state index contributed by atoms with van der Waals surface area (Å²) in [5, 5.41) is 16.7. The fourth-order valence-electron chi connectivity index (χ4n) is 5.03. The molecule has 4 N–H and O–H groups in total. The zero-order chi connectivity index (χ0) is 22.8. The molecule has 3 atom stereocenters. The Bertz CT molecular complexity index is 1190. The van der Waals surface area contributed by atoms with Gasteiger partial charge in [-0.25, -0.2) is 15.0 Å². The van der Waals surface area contributed by atoms with Gasteiger partial charge in [0.15, 0.2) is 0 Å². The largest absolute Gasteiger partial charge is 0.367 e. The van der Waals surface area contributed by atoms with E-state index in [0.717, 1.165) is 36.1 Å². The Morgan fingerprint density at radius 2 is 2.00 bits per heavy atom. The van der Waals surface area contributed by atoms with E-state index in [1.807, 2.05) is 18.2 Å². The van der Waals surface area contributed by atoms with Crippen LogP contribution in [-0.4, -0.2) is 55.4 Å². The van der Waals surface area contributed by atoms with Crippen molar-refractivity contribution in [3.63, 3.8) is 0 Å². The number of aromatic nitrogens is 4. The molecular formula is C23H25N9O. The highest BCUT2D eigenvalue weighted by Crippen LogP contribution is 2.37. The van der Waals surface area contributed by atoms with Gasteiger partial charge < -0.3 is 16.4 Å². The number of hydrogen-bond donors (Lipinski definition) is 3. The lowest BCUT2D eigenvalue weighted by atomic mass is 9.97. The van der Waals surface area contributed by atoms with Gasteiger partial charge >= 0.3 is 0 Å². The Hall–Kier alpha value is -3.84. The molecule has 0 saturated carbocycles. The summed E-state index contributed by atoms with van der Waals surface area (Å²) in [5.74, 6) is 1.19. The molecular weight excluding hydrogens is 418 g/mol. The Morgan fingerprint density at radius 3 is 2.70 bits per heavy atom. The van der Waals surface area contributed by atoms with Gasteiger partial charge in [-0.2, -0.15) is 5.26 Å². The number of amides is 1. The number of nitrogens with one attached hydrogen (secondary N) is 2. The predicted octanol–water partition coefficient (Wildman–Crippen LogP) is 2.58. The van der Waals surface area contributed by atoms with Gasteiger partial charge in [0.25, 0.3) is 5.91 Å².